The van der Waals surface area contributed by atoms with Gasteiger partial charge in [0.15, 0.2) is 0 Å². The van der Waals surface area contributed by atoms with Gasteiger partial charge in [0.05, 0.1) is 0 Å². The molecule has 0 spiro atoms. The Morgan fingerprint density at radius 2 is 1.77 bits per heavy atom. The zero-order valence-electron chi connectivity index (χ0n) is 12.9. The van der Waals surface area contributed by atoms with Crippen LogP contribution in [0.1, 0.15) is 18.1 Å². The van der Waals surface area contributed by atoms with Crippen molar-refractivity contribution in [2.24, 2.45) is 19.1 Å². The molecular weight excluding hydrogens is 282 g/mol. The smallest absolute Gasteiger partial charge is 0.333 e. The van der Waals surface area contributed by atoms with Crippen molar-refractivity contribution in [1.29, 1.82) is 0 Å². The van der Waals surface area contributed by atoms with Gasteiger partial charge < -0.3 is 5.11 Å². The molecule has 2 rings (SSSR count). The summed E-state index contributed by atoms with van der Waals surface area (Å²) in [5, 5.41) is 10.0. The Balaban J connectivity index is 2.30. The van der Waals surface area contributed by atoms with Crippen LogP contribution in [0.5, 0.6) is 5.88 Å². The summed E-state index contributed by atoms with van der Waals surface area (Å²) in [5.41, 5.74) is 0.531. The van der Waals surface area contributed by atoms with Gasteiger partial charge in [-0.1, -0.05) is 30.3 Å². The lowest BCUT2D eigenvalue weighted by Gasteiger charge is -2.10. The number of aromatic hydroxyl groups is 1. The zero-order chi connectivity index (χ0) is 16.3. The van der Waals surface area contributed by atoms with Crippen LogP contribution in [-0.4, -0.2) is 26.5 Å². The molecule has 0 saturated heterocycles. The predicted molar refractivity (Wildman–Crippen MR) is 85.8 cm³/mol. The van der Waals surface area contributed by atoms with E-state index in [0.717, 1.165) is 21.1 Å². The van der Waals surface area contributed by atoms with Gasteiger partial charge in [0, 0.05) is 26.4 Å². The summed E-state index contributed by atoms with van der Waals surface area (Å²) >= 11 is 0. The zero-order valence-corrected chi connectivity index (χ0v) is 12.9. The first kappa shape index (κ1) is 15.8. The maximum Gasteiger partial charge on any atom is 0.333 e. The Labute approximate surface area is 128 Å². The Hall–Kier alpha value is -2.63. The van der Waals surface area contributed by atoms with E-state index >= 15 is 0 Å². The fourth-order valence-corrected chi connectivity index (χ4v) is 2.23. The van der Waals surface area contributed by atoms with Crippen LogP contribution in [0.2, 0.25) is 0 Å². The second kappa shape index (κ2) is 6.43. The highest BCUT2D eigenvalue weighted by molar-refractivity contribution is 6.00. The van der Waals surface area contributed by atoms with E-state index in [9.17, 15) is 14.7 Å². The minimum Gasteiger partial charge on any atom is -0.494 e. The number of aliphatic imine (C=N–C) groups is 1. The van der Waals surface area contributed by atoms with Gasteiger partial charge in [-0.3, -0.25) is 18.9 Å². The van der Waals surface area contributed by atoms with Crippen LogP contribution in [0.25, 0.3) is 0 Å². The molecular formula is C16H19N3O3. The minimum absolute atomic E-state index is 0.0673. The minimum atomic E-state index is -0.566. The maximum atomic E-state index is 12.1. The van der Waals surface area contributed by atoms with Gasteiger partial charge in [-0.2, -0.15) is 0 Å². The topological polar surface area (TPSA) is 76.6 Å². The second-order valence-corrected chi connectivity index (χ2v) is 5.11. The lowest BCUT2D eigenvalue weighted by Crippen LogP contribution is -2.39. The standard InChI is InChI=1S/C16H19N3O3/c1-11(17-10-9-12-7-5-4-6-8-12)13-14(20)18(2)16(22)19(3)15(13)21/h4-8,20H,9-10H2,1-3H3. The van der Waals surface area contributed by atoms with Gasteiger partial charge in [-0.15, -0.1) is 0 Å². The van der Waals surface area contributed by atoms with Crippen LogP contribution < -0.4 is 11.2 Å². The number of hydrogen-bond acceptors (Lipinski definition) is 4. The van der Waals surface area contributed by atoms with Gasteiger partial charge in [-0.25, -0.2) is 4.79 Å². The van der Waals surface area contributed by atoms with Gasteiger partial charge in [0.1, 0.15) is 5.56 Å². The van der Waals surface area contributed by atoms with Crippen molar-refractivity contribution >= 4 is 5.71 Å². The van der Waals surface area contributed by atoms with Crippen LogP contribution in [0.3, 0.4) is 0 Å². The molecule has 0 unspecified atom stereocenters. The molecule has 1 N–H and O–H groups in total. The summed E-state index contributed by atoms with van der Waals surface area (Å²) in [4.78, 5) is 28.2. The first-order chi connectivity index (χ1) is 10.4. The highest BCUT2D eigenvalue weighted by Gasteiger charge is 2.16. The van der Waals surface area contributed by atoms with Gasteiger partial charge in [-0.05, 0) is 18.9 Å². The summed E-state index contributed by atoms with van der Waals surface area (Å²) in [5.74, 6) is -0.353. The molecule has 1 heterocycles. The predicted octanol–water partition coefficient (Wildman–Crippen LogP) is 0.841. The van der Waals surface area contributed by atoms with Crippen molar-refractivity contribution in [3.05, 3.63) is 62.3 Å². The van der Waals surface area contributed by atoms with Crippen molar-refractivity contribution in [2.75, 3.05) is 6.54 Å². The SMILES string of the molecule is CC(=NCCc1ccccc1)c1c(O)n(C)c(=O)n(C)c1=O. The van der Waals surface area contributed by atoms with Crippen LogP contribution in [0, 0.1) is 0 Å². The molecule has 0 atom stereocenters. The summed E-state index contributed by atoms with van der Waals surface area (Å²) in [6.45, 7) is 2.16. The average Bonchev–Trinajstić information content (AvgIpc) is 2.52. The normalized spacial score (nSPS) is 11.7. The molecule has 22 heavy (non-hydrogen) atoms. The molecule has 0 radical (unpaired) electrons. The molecule has 2 aromatic rings. The average molecular weight is 301 g/mol. The molecule has 1 aromatic heterocycles. The van der Waals surface area contributed by atoms with Crippen molar-refractivity contribution in [3.63, 3.8) is 0 Å². The Morgan fingerprint density at radius 1 is 1.14 bits per heavy atom. The number of rotatable bonds is 4. The lowest BCUT2D eigenvalue weighted by atomic mass is 10.1. The maximum absolute atomic E-state index is 12.1. The van der Waals surface area contributed by atoms with Crippen molar-refractivity contribution in [2.45, 2.75) is 13.3 Å². The van der Waals surface area contributed by atoms with Gasteiger partial charge in [0.2, 0.25) is 5.88 Å². The fraction of sp³-hybridized carbons (Fsp3) is 0.312. The van der Waals surface area contributed by atoms with Crippen LogP contribution >= 0.6 is 0 Å². The molecule has 0 aliphatic rings. The van der Waals surface area contributed by atoms with E-state index < -0.39 is 11.2 Å². The lowest BCUT2D eigenvalue weighted by molar-refractivity contribution is 0.410. The molecule has 0 saturated carbocycles. The van der Waals surface area contributed by atoms with E-state index in [4.69, 9.17) is 0 Å². The van der Waals surface area contributed by atoms with Gasteiger partial charge in [0.25, 0.3) is 5.56 Å². The number of benzene rings is 1. The Morgan fingerprint density at radius 3 is 2.41 bits per heavy atom. The summed E-state index contributed by atoms with van der Waals surface area (Å²) in [6.07, 6.45) is 0.741. The summed E-state index contributed by atoms with van der Waals surface area (Å²) in [6, 6.07) is 9.88. The first-order valence-corrected chi connectivity index (χ1v) is 6.97. The van der Waals surface area contributed by atoms with E-state index in [1.807, 2.05) is 30.3 Å². The summed E-state index contributed by atoms with van der Waals surface area (Å²) < 4.78 is 2.00. The fourth-order valence-electron chi connectivity index (χ4n) is 2.23. The number of nitrogens with zero attached hydrogens (tertiary/aromatic N) is 3. The first-order valence-electron chi connectivity index (χ1n) is 6.97. The monoisotopic (exact) mass is 301 g/mol. The number of hydrogen-bond donors (Lipinski definition) is 1. The molecule has 0 aliphatic heterocycles. The van der Waals surface area contributed by atoms with E-state index in [-0.39, 0.29) is 11.4 Å². The molecule has 0 amide bonds. The quantitative estimate of drug-likeness (QED) is 0.850. The van der Waals surface area contributed by atoms with Crippen molar-refractivity contribution < 1.29 is 5.11 Å². The van der Waals surface area contributed by atoms with Crippen molar-refractivity contribution in [1.82, 2.24) is 9.13 Å². The van der Waals surface area contributed by atoms with E-state index in [0.29, 0.717) is 12.3 Å². The van der Waals surface area contributed by atoms with Crippen LogP contribution in [-0.2, 0) is 20.5 Å². The van der Waals surface area contributed by atoms with Crippen LogP contribution in [0.4, 0.5) is 0 Å². The van der Waals surface area contributed by atoms with Crippen LogP contribution in [0.15, 0.2) is 44.9 Å². The molecule has 116 valence electrons. The van der Waals surface area contributed by atoms with E-state index in [1.54, 1.807) is 6.92 Å². The second-order valence-electron chi connectivity index (χ2n) is 5.11. The largest absolute Gasteiger partial charge is 0.494 e. The number of aromatic nitrogens is 2. The molecule has 0 bridgehead atoms. The molecule has 1 aromatic carbocycles. The van der Waals surface area contributed by atoms with E-state index in [2.05, 4.69) is 4.99 Å². The van der Waals surface area contributed by atoms with Crippen molar-refractivity contribution in [3.8, 4) is 5.88 Å². The third-order valence-corrected chi connectivity index (χ3v) is 3.59. The highest BCUT2D eigenvalue weighted by atomic mass is 16.3. The summed E-state index contributed by atoms with van der Waals surface area (Å²) in [7, 11) is 2.79. The Bertz CT molecular complexity index is 817. The Kier molecular flexibility index (Phi) is 4.60. The molecule has 0 aliphatic carbocycles. The third-order valence-electron chi connectivity index (χ3n) is 3.59. The molecule has 6 heteroatoms. The highest BCUT2D eigenvalue weighted by Crippen LogP contribution is 2.10. The van der Waals surface area contributed by atoms with E-state index in [1.165, 1.54) is 14.1 Å². The molecule has 6 nitrogen and oxygen atoms in total. The molecule has 0 fully saturated rings. The van der Waals surface area contributed by atoms with Gasteiger partial charge >= 0.3 is 5.69 Å². The third kappa shape index (κ3) is 3.00.